The summed E-state index contributed by atoms with van der Waals surface area (Å²) in [6, 6.07) is 7.06. The Morgan fingerprint density at radius 2 is 1.61 bits per heavy atom. The minimum Gasteiger partial charge on any atom is -0.507 e. The maximum atomic E-state index is 11.4. The second-order valence-electron chi connectivity index (χ2n) is 7.37. The van der Waals surface area contributed by atoms with Crippen molar-refractivity contribution >= 4 is 16.9 Å². The maximum absolute atomic E-state index is 11.4. The minimum atomic E-state index is -1.93. The Hall–Kier alpha value is -3.84. The number of aliphatic hydroxyl groups is 3. The summed E-state index contributed by atoms with van der Waals surface area (Å²) in [5.41, 5.74) is 0.136. The van der Waals surface area contributed by atoms with Crippen molar-refractivity contribution < 1.29 is 59.5 Å². The van der Waals surface area contributed by atoms with Gasteiger partial charge in [0.15, 0.2) is 17.6 Å². The Morgan fingerprint density at radius 3 is 2.27 bits per heavy atom. The predicted molar refractivity (Wildman–Crippen MR) is 108 cm³/mol. The van der Waals surface area contributed by atoms with Gasteiger partial charge in [0.2, 0.25) is 12.0 Å². The Morgan fingerprint density at radius 1 is 0.879 bits per heavy atom. The first kappa shape index (κ1) is 22.4. The van der Waals surface area contributed by atoms with E-state index in [1.165, 1.54) is 18.2 Å². The van der Waals surface area contributed by atoms with Crippen LogP contribution in [0.5, 0.6) is 28.7 Å². The number of aliphatic carboxylic acids is 1. The topological polar surface area (TPSA) is 209 Å². The van der Waals surface area contributed by atoms with E-state index in [4.69, 9.17) is 13.9 Å². The van der Waals surface area contributed by atoms with E-state index in [-0.39, 0.29) is 33.8 Å². The SMILES string of the molecule is O=C(O)C1OC(Oc2cc3c(O)cc(O)cc3[o+]c2-c2ccc(O)c(O)c2)C(O)C(O)C1O. The fraction of sp³-hybridized carbons (Fsp3) is 0.238. The number of phenols is 4. The van der Waals surface area contributed by atoms with E-state index in [2.05, 4.69) is 0 Å². The molecule has 1 aromatic heterocycles. The van der Waals surface area contributed by atoms with Crippen molar-refractivity contribution in [1.29, 1.82) is 0 Å². The van der Waals surface area contributed by atoms with Gasteiger partial charge in [-0.2, -0.15) is 0 Å². The van der Waals surface area contributed by atoms with Crippen molar-refractivity contribution in [3.8, 4) is 40.1 Å². The van der Waals surface area contributed by atoms with Crippen LogP contribution in [0.15, 0.2) is 40.8 Å². The molecule has 5 atom stereocenters. The summed E-state index contributed by atoms with van der Waals surface area (Å²) in [5.74, 6) is -3.62. The summed E-state index contributed by atoms with van der Waals surface area (Å²) in [6.45, 7) is 0. The third kappa shape index (κ3) is 4.03. The lowest BCUT2D eigenvalue weighted by molar-refractivity contribution is -0.271. The number of hydrogen-bond donors (Lipinski definition) is 8. The molecule has 1 saturated heterocycles. The van der Waals surface area contributed by atoms with Gasteiger partial charge in [0.25, 0.3) is 0 Å². The predicted octanol–water partition coefficient (Wildman–Crippen LogP) is 0.474. The normalized spacial score (nSPS) is 25.1. The molecule has 12 nitrogen and oxygen atoms in total. The third-order valence-corrected chi connectivity index (χ3v) is 5.11. The van der Waals surface area contributed by atoms with Crippen LogP contribution in [0, 0.1) is 0 Å². The highest BCUT2D eigenvalue weighted by atomic mass is 16.7. The van der Waals surface area contributed by atoms with Gasteiger partial charge in [-0.05, 0) is 12.1 Å². The smallest absolute Gasteiger partial charge is 0.402 e. The summed E-state index contributed by atoms with van der Waals surface area (Å²) in [4.78, 5) is 11.4. The highest BCUT2D eigenvalue weighted by Crippen LogP contribution is 2.42. The summed E-state index contributed by atoms with van der Waals surface area (Å²) in [6.07, 6.45) is -9.44. The molecule has 1 fully saturated rings. The van der Waals surface area contributed by atoms with Gasteiger partial charge in [0.05, 0.1) is 11.6 Å². The van der Waals surface area contributed by atoms with Crippen LogP contribution in [-0.4, -0.2) is 77.5 Å². The number of hydrogen-bond acceptors (Lipinski definition) is 10. The highest BCUT2D eigenvalue weighted by Gasteiger charge is 2.48. The fourth-order valence-electron chi connectivity index (χ4n) is 3.41. The molecule has 4 rings (SSSR count). The maximum Gasteiger partial charge on any atom is 0.402 e. The van der Waals surface area contributed by atoms with Crippen molar-refractivity contribution in [3.05, 3.63) is 36.4 Å². The van der Waals surface area contributed by atoms with Gasteiger partial charge < -0.3 is 50.3 Å². The van der Waals surface area contributed by atoms with Crippen LogP contribution < -0.4 is 4.74 Å². The van der Waals surface area contributed by atoms with Gasteiger partial charge in [0.1, 0.15) is 35.2 Å². The van der Waals surface area contributed by atoms with E-state index >= 15 is 0 Å². The molecule has 2 aromatic carbocycles. The zero-order valence-electron chi connectivity index (χ0n) is 16.6. The largest absolute Gasteiger partial charge is 0.507 e. The molecule has 33 heavy (non-hydrogen) atoms. The molecule has 0 aliphatic carbocycles. The van der Waals surface area contributed by atoms with Crippen molar-refractivity contribution in [3.63, 3.8) is 0 Å². The van der Waals surface area contributed by atoms with Crippen molar-refractivity contribution in [2.75, 3.05) is 0 Å². The Bertz CT molecular complexity index is 1230. The summed E-state index contributed by atoms with van der Waals surface area (Å²) in [5, 5.41) is 78.9. The van der Waals surface area contributed by atoms with Crippen LogP contribution in [0.4, 0.5) is 0 Å². The van der Waals surface area contributed by atoms with Crippen LogP contribution >= 0.6 is 0 Å². The molecule has 0 amide bonds. The third-order valence-electron chi connectivity index (χ3n) is 5.11. The second-order valence-corrected chi connectivity index (χ2v) is 7.37. The molecule has 8 N–H and O–H groups in total. The van der Waals surface area contributed by atoms with Gasteiger partial charge in [-0.1, -0.05) is 0 Å². The van der Waals surface area contributed by atoms with Gasteiger partial charge >= 0.3 is 17.3 Å². The van der Waals surface area contributed by atoms with Gasteiger partial charge in [0, 0.05) is 18.2 Å². The molecular formula is C21H19O12+. The average Bonchev–Trinajstić information content (AvgIpc) is 2.75. The number of carboxylic acids is 1. The van der Waals surface area contributed by atoms with Crippen LogP contribution in [0.25, 0.3) is 22.3 Å². The van der Waals surface area contributed by atoms with E-state index in [1.54, 1.807) is 0 Å². The molecule has 5 unspecified atom stereocenters. The second kappa shape index (κ2) is 8.26. The number of aromatic hydroxyl groups is 4. The molecule has 174 valence electrons. The number of fused-ring (bicyclic) bond motifs is 1. The number of carbonyl (C=O) groups is 1. The van der Waals surface area contributed by atoms with Gasteiger partial charge in [-0.3, -0.25) is 0 Å². The number of carboxylic acid groups (broad SMARTS) is 1. The van der Waals surface area contributed by atoms with Crippen LogP contribution in [0.1, 0.15) is 0 Å². The lowest BCUT2D eigenvalue weighted by Crippen LogP contribution is -2.61. The molecule has 0 saturated carbocycles. The van der Waals surface area contributed by atoms with Crippen LogP contribution in [0.2, 0.25) is 0 Å². The Kier molecular flexibility index (Phi) is 5.59. The highest BCUT2D eigenvalue weighted by molar-refractivity contribution is 5.88. The average molecular weight is 463 g/mol. The number of benzene rings is 2. The molecule has 1 aliphatic heterocycles. The quantitative estimate of drug-likeness (QED) is 0.196. The molecule has 1 aliphatic rings. The molecule has 12 heteroatoms. The molecular weight excluding hydrogens is 444 g/mol. The van der Waals surface area contributed by atoms with Crippen molar-refractivity contribution in [1.82, 2.24) is 0 Å². The van der Waals surface area contributed by atoms with Crippen molar-refractivity contribution in [2.45, 2.75) is 30.7 Å². The first-order valence-electron chi connectivity index (χ1n) is 9.51. The molecule has 3 aromatic rings. The first-order chi connectivity index (χ1) is 15.6. The summed E-state index contributed by atoms with van der Waals surface area (Å²) < 4.78 is 16.5. The zero-order chi connectivity index (χ0) is 24.0. The van der Waals surface area contributed by atoms with E-state index in [1.807, 2.05) is 0 Å². The molecule has 0 radical (unpaired) electrons. The zero-order valence-corrected chi connectivity index (χ0v) is 16.6. The lowest BCUT2D eigenvalue weighted by Gasteiger charge is -2.38. The van der Waals surface area contributed by atoms with Crippen LogP contribution in [0.3, 0.4) is 0 Å². The monoisotopic (exact) mass is 463 g/mol. The van der Waals surface area contributed by atoms with E-state index in [0.29, 0.717) is 0 Å². The number of phenolic OH excluding ortho intramolecular Hbond substituents is 4. The minimum absolute atomic E-state index is 0.00797. The van der Waals surface area contributed by atoms with Gasteiger partial charge in [-0.15, -0.1) is 0 Å². The summed E-state index contributed by atoms with van der Waals surface area (Å²) >= 11 is 0. The van der Waals surface area contributed by atoms with Gasteiger partial charge in [-0.25, -0.2) is 9.21 Å². The first-order valence-corrected chi connectivity index (χ1v) is 9.51. The lowest BCUT2D eigenvalue weighted by atomic mass is 9.99. The molecule has 0 bridgehead atoms. The van der Waals surface area contributed by atoms with Crippen molar-refractivity contribution in [2.24, 2.45) is 0 Å². The van der Waals surface area contributed by atoms with E-state index in [0.717, 1.165) is 18.2 Å². The fourth-order valence-corrected chi connectivity index (χ4v) is 3.41. The summed E-state index contributed by atoms with van der Waals surface area (Å²) in [7, 11) is 0. The number of rotatable bonds is 4. The van der Waals surface area contributed by atoms with E-state index in [9.17, 15) is 45.6 Å². The van der Waals surface area contributed by atoms with E-state index < -0.39 is 53.9 Å². The number of ether oxygens (including phenoxy) is 2. The molecule has 2 heterocycles. The molecule has 0 spiro atoms. The number of aliphatic hydroxyl groups excluding tert-OH is 3. The standard InChI is InChI=1S/C21H18O12/c22-8-4-11(24)9-6-14(32-21-17(28)15(26)16(27)19(33-21)20(29)30)18(31-13(9)5-8)7-1-2-10(23)12(25)3-7/h1-6,15-17,19,21,26-28H,(H4-,22,23,24,25,29,30)/p+1. The Balaban J connectivity index is 1.84. The Labute approximate surface area is 184 Å². The van der Waals surface area contributed by atoms with Crippen LogP contribution in [-0.2, 0) is 9.53 Å².